The average molecular weight is 327 g/mol. The van der Waals surface area contributed by atoms with Gasteiger partial charge in [0.2, 0.25) is 5.82 Å². The van der Waals surface area contributed by atoms with Crippen molar-refractivity contribution < 1.29 is 9.90 Å². The molecule has 0 aromatic carbocycles. The van der Waals surface area contributed by atoms with E-state index in [1.165, 1.54) is 4.90 Å². The van der Waals surface area contributed by atoms with Gasteiger partial charge in [0.05, 0.1) is 18.8 Å². The minimum Gasteiger partial charge on any atom is -0.465 e. The average Bonchev–Trinajstić information content (AvgIpc) is 2.57. The molecule has 0 spiro atoms. The molecule has 1 N–H and O–H groups in total. The molecule has 0 unspecified atom stereocenters. The lowest BCUT2D eigenvalue weighted by Gasteiger charge is -2.42. The Labute approximate surface area is 142 Å². The van der Waals surface area contributed by atoms with Crippen LogP contribution < -0.4 is 4.48 Å². The number of carboxylic acid groups (broad SMARTS) is 1. The molecule has 1 amide bonds. The van der Waals surface area contributed by atoms with Crippen molar-refractivity contribution in [3.05, 3.63) is 53.5 Å². The Morgan fingerprint density at radius 1 is 1.21 bits per heavy atom. The molecule has 126 valence electrons. The third kappa shape index (κ3) is 3.38. The lowest BCUT2D eigenvalue weighted by atomic mass is 10.1. The van der Waals surface area contributed by atoms with Crippen molar-refractivity contribution >= 4 is 11.9 Å². The molecule has 1 saturated heterocycles. The predicted octanol–water partition coefficient (Wildman–Crippen LogP) is 2.59. The SMILES string of the molecule is Cc1ccc(C[N+]2(c3cccc(C)n3)CCN(C(=O)O)CC2)nc1. The number of hydrogen-bond acceptors (Lipinski definition) is 3. The molecule has 1 fully saturated rings. The first-order valence-corrected chi connectivity index (χ1v) is 8.18. The van der Waals surface area contributed by atoms with Gasteiger partial charge in [0.15, 0.2) is 0 Å². The summed E-state index contributed by atoms with van der Waals surface area (Å²) in [5, 5.41) is 9.23. The zero-order valence-corrected chi connectivity index (χ0v) is 14.1. The van der Waals surface area contributed by atoms with Crippen molar-refractivity contribution in [2.24, 2.45) is 0 Å². The van der Waals surface area contributed by atoms with Gasteiger partial charge in [0.25, 0.3) is 0 Å². The minimum atomic E-state index is -0.849. The van der Waals surface area contributed by atoms with Crippen molar-refractivity contribution in [2.75, 3.05) is 26.2 Å². The maximum Gasteiger partial charge on any atom is 0.407 e. The highest BCUT2D eigenvalue weighted by Crippen LogP contribution is 2.26. The molecule has 6 heteroatoms. The molecule has 0 aliphatic carbocycles. The van der Waals surface area contributed by atoms with Crippen molar-refractivity contribution in [2.45, 2.75) is 20.4 Å². The Morgan fingerprint density at radius 3 is 2.54 bits per heavy atom. The Morgan fingerprint density at radius 2 is 1.96 bits per heavy atom. The van der Waals surface area contributed by atoms with Crippen LogP contribution in [0.3, 0.4) is 0 Å². The topological polar surface area (TPSA) is 66.3 Å². The summed E-state index contributed by atoms with van der Waals surface area (Å²) in [6, 6.07) is 10.2. The van der Waals surface area contributed by atoms with Gasteiger partial charge < -0.3 is 5.11 Å². The van der Waals surface area contributed by atoms with E-state index in [0.29, 0.717) is 30.7 Å². The second-order valence-corrected chi connectivity index (χ2v) is 6.48. The van der Waals surface area contributed by atoms with Crippen LogP contribution >= 0.6 is 0 Å². The summed E-state index contributed by atoms with van der Waals surface area (Å²) in [6.45, 7) is 7.17. The quantitative estimate of drug-likeness (QED) is 0.880. The van der Waals surface area contributed by atoms with E-state index < -0.39 is 6.09 Å². The number of pyridine rings is 2. The summed E-state index contributed by atoms with van der Waals surface area (Å²) in [6.07, 6.45) is 1.03. The number of quaternary nitrogens is 1. The third-order valence-corrected chi connectivity index (χ3v) is 4.66. The highest BCUT2D eigenvalue weighted by atomic mass is 16.4. The lowest BCUT2D eigenvalue weighted by Crippen LogP contribution is -2.61. The van der Waals surface area contributed by atoms with Crippen molar-refractivity contribution in [1.29, 1.82) is 0 Å². The summed E-state index contributed by atoms with van der Waals surface area (Å²) in [7, 11) is 0. The second kappa shape index (κ2) is 6.57. The first kappa shape index (κ1) is 16.4. The van der Waals surface area contributed by atoms with Gasteiger partial charge in [-0.3, -0.25) is 14.4 Å². The minimum absolute atomic E-state index is 0.511. The molecule has 0 bridgehead atoms. The van der Waals surface area contributed by atoms with Gasteiger partial charge in [-0.25, -0.2) is 9.78 Å². The summed E-state index contributed by atoms with van der Waals surface area (Å²) in [5.74, 6) is 0.988. The van der Waals surface area contributed by atoms with Crippen LogP contribution in [0.25, 0.3) is 0 Å². The Bertz CT molecular complexity index is 722. The van der Waals surface area contributed by atoms with Crippen LogP contribution in [0, 0.1) is 13.8 Å². The summed E-state index contributed by atoms with van der Waals surface area (Å²) in [5.41, 5.74) is 3.12. The van der Waals surface area contributed by atoms with E-state index in [1.54, 1.807) is 0 Å². The van der Waals surface area contributed by atoms with Gasteiger partial charge in [-0.1, -0.05) is 12.1 Å². The first-order valence-electron chi connectivity index (χ1n) is 8.18. The van der Waals surface area contributed by atoms with Crippen molar-refractivity contribution in [3.63, 3.8) is 0 Å². The van der Waals surface area contributed by atoms with Gasteiger partial charge in [-0.05, 0) is 31.5 Å². The van der Waals surface area contributed by atoms with Crippen LogP contribution in [0.2, 0.25) is 0 Å². The smallest absolute Gasteiger partial charge is 0.407 e. The van der Waals surface area contributed by atoms with E-state index in [1.807, 2.05) is 38.2 Å². The molecular formula is C18H23N4O2+. The molecular weight excluding hydrogens is 304 g/mol. The predicted molar refractivity (Wildman–Crippen MR) is 92.8 cm³/mol. The number of hydrogen-bond donors (Lipinski definition) is 1. The van der Waals surface area contributed by atoms with Crippen LogP contribution in [0.1, 0.15) is 17.0 Å². The van der Waals surface area contributed by atoms with Gasteiger partial charge in [0.1, 0.15) is 19.6 Å². The largest absolute Gasteiger partial charge is 0.465 e. The van der Waals surface area contributed by atoms with Crippen LogP contribution in [-0.2, 0) is 6.54 Å². The third-order valence-electron chi connectivity index (χ3n) is 4.66. The standard InChI is InChI=1S/C18H22N4O2/c1-14-6-7-16(19-12-14)13-22(17-5-3-4-15(2)20-17)10-8-21(9-11-22)18(23)24/h3-7,12H,8-11,13H2,1-2H3/p+1. The Hall–Kier alpha value is -2.47. The number of nitrogens with zero attached hydrogens (tertiary/aromatic N) is 4. The zero-order chi connectivity index (χ0) is 17.2. The van der Waals surface area contributed by atoms with E-state index in [0.717, 1.165) is 29.3 Å². The van der Waals surface area contributed by atoms with Crippen LogP contribution in [0.4, 0.5) is 10.6 Å². The molecule has 0 saturated carbocycles. The molecule has 0 atom stereocenters. The maximum absolute atomic E-state index is 11.2. The lowest BCUT2D eigenvalue weighted by molar-refractivity contribution is 0.102. The van der Waals surface area contributed by atoms with Gasteiger partial charge in [-0.15, -0.1) is 0 Å². The molecule has 3 rings (SSSR count). The number of aromatic nitrogens is 2. The summed E-state index contributed by atoms with van der Waals surface area (Å²) in [4.78, 5) is 22.0. The van der Waals surface area contributed by atoms with Gasteiger partial charge in [0, 0.05) is 18.0 Å². The van der Waals surface area contributed by atoms with E-state index in [2.05, 4.69) is 17.1 Å². The zero-order valence-electron chi connectivity index (χ0n) is 14.1. The van der Waals surface area contributed by atoms with E-state index in [4.69, 9.17) is 4.98 Å². The van der Waals surface area contributed by atoms with Crippen molar-refractivity contribution in [3.8, 4) is 0 Å². The fraction of sp³-hybridized carbons (Fsp3) is 0.389. The molecule has 3 heterocycles. The highest BCUT2D eigenvalue weighted by Gasteiger charge is 2.38. The number of piperazine rings is 1. The number of rotatable bonds is 3. The Balaban J connectivity index is 1.92. The maximum atomic E-state index is 11.2. The van der Waals surface area contributed by atoms with Crippen LogP contribution in [-0.4, -0.2) is 52.2 Å². The fourth-order valence-electron chi connectivity index (χ4n) is 3.20. The molecule has 0 radical (unpaired) electrons. The molecule has 1 aliphatic rings. The van der Waals surface area contributed by atoms with Crippen LogP contribution in [0.15, 0.2) is 36.5 Å². The van der Waals surface area contributed by atoms with E-state index >= 15 is 0 Å². The first-order chi connectivity index (χ1) is 11.5. The summed E-state index contributed by atoms with van der Waals surface area (Å²) < 4.78 is 0.640. The molecule has 6 nitrogen and oxygen atoms in total. The molecule has 24 heavy (non-hydrogen) atoms. The molecule has 2 aromatic heterocycles. The summed E-state index contributed by atoms with van der Waals surface area (Å²) >= 11 is 0. The monoisotopic (exact) mass is 327 g/mol. The molecule has 1 aliphatic heterocycles. The number of amides is 1. The van der Waals surface area contributed by atoms with E-state index in [-0.39, 0.29) is 0 Å². The Kier molecular flexibility index (Phi) is 4.49. The van der Waals surface area contributed by atoms with Crippen molar-refractivity contribution in [1.82, 2.24) is 19.4 Å². The van der Waals surface area contributed by atoms with Crippen LogP contribution in [0.5, 0.6) is 0 Å². The number of aryl methyl sites for hydroxylation is 2. The number of carbonyl (C=O) groups is 1. The second-order valence-electron chi connectivity index (χ2n) is 6.48. The van der Waals surface area contributed by atoms with Gasteiger partial charge in [-0.2, -0.15) is 0 Å². The highest BCUT2D eigenvalue weighted by molar-refractivity contribution is 5.65. The van der Waals surface area contributed by atoms with E-state index in [9.17, 15) is 9.90 Å². The normalized spacial score (nSPS) is 16.8. The molecule has 2 aromatic rings. The fourth-order valence-corrected chi connectivity index (χ4v) is 3.20. The van der Waals surface area contributed by atoms with Gasteiger partial charge >= 0.3 is 6.09 Å².